The largest absolute Gasteiger partial charge is 0.477 e. The van der Waals surface area contributed by atoms with Gasteiger partial charge in [0.25, 0.3) is 0 Å². The van der Waals surface area contributed by atoms with Crippen LogP contribution >= 0.6 is 15.9 Å². The minimum absolute atomic E-state index is 0.254. The number of hydrogen-bond donors (Lipinski definition) is 1. The lowest BCUT2D eigenvalue weighted by molar-refractivity contribution is -0.131. The van der Waals surface area contributed by atoms with Crippen molar-refractivity contribution in [2.45, 2.75) is 19.8 Å². The molecular formula is C6H9BrO2. The summed E-state index contributed by atoms with van der Waals surface area (Å²) in [6.07, 6.45) is 3.44. The van der Waals surface area contributed by atoms with Gasteiger partial charge in [0.2, 0.25) is 0 Å². The highest BCUT2D eigenvalue weighted by molar-refractivity contribution is 9.12. The van der Waals surface area contributed by atoms with Crippen molar-refractivity contribution >= 4 is 21.9 Å². The summed E-state index contributed by atoms with van der Waals surface area (Å²) in [5.41, 5.74) is 0. The van der Waals surface area contributed by atoms with Gasteiger partial charge in [-0.05, 0) is 22.4 Å². The Labute approximate surface area is 62.7 Å². The maximum Gasteiger partial charge on any atom is 0.342 e. The molecule has 1 N–H and O–H groups in total. The van der Waals surface area contributed by atoms with Gasteiger partial charge in [0, 0.05) is 0 Å². The number of aliphatic carboxylic acids is 1. The number of halogens is 1. The van der Waals surface area contributed by atoms with Gasteiger partial charge < -0.3 is 5.11 Å². The first kappa shape index (κ1) is 8.69. The molecule has 0 aliphatic rings. The third kappa shape index (κ3) is 4.21. The van der Waals surface area contributed by atoms with E-state index in [1.807, 2.05) is 6.92 Å². The Morgan fingerprint density at radius 1 is 1.78 bits per heavy atom. The van der Waals surface area contributed by atoms with E-state index in [1.165, 1.54) is 0 Å². The van der Waals surface area contributed by atoms with Gasteiger partial charge in [-0.1, -0.05) is 19.4 Å². The molecular weight excluding hydrogens is 184 g/mol. The van der Waals surface area contributed by atoms with E-state index in [4.69, 9.17) is 5.11 Å². The summed E-state index contributed by atoms with van der Waals surface area (Å²) >= 11 is 2.90. The molecule has 0 bridgehead atoms. The van der Waals surface area contributed by atoms with E-state index in [-0.39, 0.29) is 4.48 Å². The van der Waals surface area contributed by atoms with Crippen LogP contribution in [0, 0.1) is 0 Å². The monoisotopic (exact) mass is 192 g/mol. The highest BCUT2D eigenvalue weighted by atomic mass is 79.9. The first-order chi connectivity index (χ1) is 4.18. The van der Waals surface area contributed by atoms with Crippen LogP contribution in [0.4, 0.5) is 0 Å². The van der Waals surface area contributed by atoms with Crippen molar-refractivity contribution in [2.24, 2.45) is 0 Å². The van der Waals surface area contributed by atoms with Crippen molar-refractivity contribution in [3.05, 3.63) is 10.6 Å². The van der Waals surface area contributed by atoms with Crippen LogP contribution < -0.4 is 0 Å². The Bertz CT molecular complexity index is 129. The van der Waals surface area contributed by atoms with Crippen LogP contribution in [0.15, 0.2) is 10.6 Å². The minimum atomic E-state index is -0.900. The highest BCUT2D eigenvalue weighted by Gasteiger charge is 1.98. The normalized spacial score (nSPS) is 11.6. The quantitative estimate of drug-likeness (QED) is 0.697. The van der Waals surface area contributed by atoms with E-state index in [9.17, 15) is 4.79 Å². The van der Waals surface area contributed by atoms with Gasteiger partial charge in [-0.25, -0.2) is 4.79 Å². The minimum Gasteiger partial charge on any atom is -0.477 e. The van der Waals surface area contributed by atoms with E-state index in [1.54, 1.807) is 6.08 Å². The van der Waals surface area contributed by atoms with E-state index >= 15 is 0 Å². The molecule has 0 heterocycles. The summed E-state index contributed by atoms with van der Waals surface area (Å²) in [5.74, 6) is -0.900. The van der Waals surface area contributed by atoms with Crippen LogP contribution in [0.1, 0.15) is 19.8 Å². The summed E-state index contributed by atoms with van der Waals surface area (Å²) in [6.45, 7) is 2.00. The van der Waals surface area contributed by atoms with Crippen molar-refractivity contribution in [1.82, 2.24) is 0 Å². The first-order valence-corrected chi connectivity index (χ1v) is 3.56. The van der Waals surface area contributed by atoms with Gasteiger partial charge in [-0.2, -0.15) is 0 Å². The smallest absolute Gasteiger partial charge is 0.342 e. The molecule has 3 heteroatoms. The fourth-order valence-corrected chi connectivity index (χ4v) is 0.587. The molecule has 9 heavy (non-hydrogen) atoms. The SMILES string of the molecule is CCCC=C(Br)C(=O)O. The zero-order valence-corrected chi connectivity index (χ0v) is 6.81. The van der Waals surface area contributed by atoms with Crippen LogP contribution in [0.25, 0.3) is 0 Å². The number of carbonyl (C=O) groups is 1. The second-order valence-corrected chi connectivity index (χ2v) is 2.50. The van der Waals surface area contributed by atoms with Gasteiger partial charge in [-0.3, -0.25) is 0 Å². The molecule has 52 valence electrons. The molecule has 0 amide bonds. The average Bonchev–Trinajstić information content (AvgIpc) is 1.82. The zero-order valence-electron chi connectivity index (χ0n) is 5.22. The van der Waals surface area contributed by atoms with E-state index in [0.717, 1.165) is 12.8 Å². The van der Waals surface area contributed by atoms with Crippen LogP contribution in [0.2, 0.25) is 0 Å². The van der Waals surface area contributed by atoms with Crippen molar-refractivity contribution in [1.29, 1.82) is 0 Å². The molecule has 0 saturated carbocycles. The topological polar surface area (TPSA) is 37.3 Å². The predicted octanol–water partition coefficient (Wildman–Crippen LogP) is 2.15. The van der Waals surface area contributed by atoms with E-state index in [0.29, 0.717) is 0 Å². The Hall–Kier alpha value is -0.310. The fraction of sp³-hybridized carbons (Fsp3) is 0.500. The Morgan fingerprint density at radius 2 is 2.33 bits per heavy atom. The second kappa shape index (κ2) is 4.56. The van der Waals surface area contributed by atoms with Crippen LogP contribution in [-0.4, -0.2) is 11.1 Å². The standard InChI is InChI=1S/C6H9BrO2/c1-2-3-4-5(7)6(8)9/h4H,2-3H2,1H3,(H,8,9). The third-order valence-electron chi connectivity index (χ3n) is 0.817. The van der Waals surface area contributed by atoms with Crippen LogP contribution in [-0.2, 0) is 4.79 Å². The van der Waals surface area contributed by atoms with Crippen molar-refractivity contribution < 1.29 is 9.90 Å². The van der Waals surface area contributed by atoms with Crippen LogP contribution in [0.5, 0.6) is 0 Å². The zero-order chi connectivity index (χ0) is 7.28. The molecule has 0 aromatic heterocycles. The van der Waals surface area contributed by atoms with Crippen molar-refractivity contribution in [2.75, 3.05) is 0 Å². The van der Waals surface area contributed by atoms with Gasteiger partial charge in [0.1, 0.15) is 0 Å². The maximum absolute atomic E-state index is 10.1. The molecule has 0 atom stereocenters. The number of carboxylic acids is 1. The Balaban J connectivity index is 3.69. The lowest BCUT2D eigenvalue weighted by Gasteiger charge is -1.87. The molecule has 0 spiro atoms. The first-order valence-electron chi connectivity index (χ1n) is 2.77. The molecule has 0 fully saturated rings. The summed E-state index contributed by atoms with van der Waals surface area (Å²) in [7, 11) is 0. The van der Waals surface area contributed by atoms with Crippen molar-refractivity contribution in [3.63, 3.8) is 0 Å². The molecule has 0 aromatic carbocycles. The third-order valence-corrected chi connectivity index (χ3v) is 1.48. The number of unbranched alkanes of at least 4 members (excludes halogenated alkanes) is 1. The van der Waals surface area contributed by atoms with Crippen molar-refractivity contribution in [3.8, 4) is 0 Å². The highest BCUT2D eigenvalue weighted by Crippen LogP contribution is 2.06. The number of rotatable bonds is 3. The van der Waals surface area contributed by atoms with Gasteiger partial charge in [0.15, 0.2) is 0 Å². The summed E-state index contributed by atoms with van der Waals surface area (Å²) in [6, 6.07) is 0. The number of allylic oxidation sites excluding steroid dienone is 1. The summed E-state index contributed by atoms with van der Waals surface area (Å²) in [4.78, 5) is 10.1. The molecule has 0 saturated heterocycles. The average molecular weight is 193 g/mol. The molecule has 0 aliphatic heterocycles. The Kier molecular flexibility index (Phi) is 4.40. The van der Waals surface area contributed by atoms with Gasteiger partial charge >= 0.3 is 5.97 Å². The molecule has 2 nitrogen and oxygen atoms in total. The molecule has 0 radical (unpaired) electrons. The lowest BCUT2D eigenvalue weighted by atomic mass is 10.3. The van der Waals surface area contributed by atoms with E-state index < -0.39 is 5.97 Å². The molecule has 0 aromatic rings. The van der Waals surface area contributed by atoms with Gasteiger partial charge in [-0.15, -0.1) is 0 Å². The summed E-state index contributed by atoms with van der Waals surface area (Å²) in [5, 5.41) is 8.29. The number of carboxylic acid groups (broad SMARTS) is 1. The predicted molar refractivity (Wildman–Crippen MR) is 39.6 cm³/mol. The van der Waals surface area contributed by atoms with Crippen LogP contribution in [0.3, 0.4) is 0 Å². The summed E-state index contributed by atoms with van der Waals surface area (Å²) < 4.78 is 0.254. The molecule has 0 aliphatic carbocycles. The molecule has 0 rings (SSSR count). The maximum atomic E-state index is 10.1. The van der Waals surface area contributed by atoms with Gasteiger partial charge in [0.05, 0.1) is 4.48 Å². The van der Waals surface area contributed by atoms with E-state index in [2.05, 4.69) is 15.9 Å². The lowest BCUT2D eigenvalue weighted by Crippen LogP contribution is -1.92. The Morgan fingerprint density at radius 3 is 2.67 bits per heavy atom. The number of hydrogen-bond acceptors (Lipinski definition) is 1. The second-order valence-electron chi connectivity index (χ2n) is 1.65. The fourth-order valence-electron chi connectivity index (χ4n) is 0.358. The molecule has 0 unspecified atom stereocenters.